The molecule has 0 aliphatic heterocycles. The molecule has 60 valence electrons. The van der Waals surface area contributed by atoms with Crippen molar-refractivity contribution >= 4 is 24.0 Å². The van der Waals surface area contributed by atoms with Crippen molar-refractivity contribution in [2.24, 2.45) is 0 Å². The van der Waals surface area contributed by atoms with Gasteiger partial charge >= 0.3 is 0 Å². The Kier molecular flexibility index (Phi) is 2.51. The second-order valence-corrected chi connectivity index (χ2v) is 3.85. The molecule has 1 unspecified atom stereocenters. The summed E-state index contributed by atoms with van der Waals surface area (Å²) in [5, 5.41) is 9.33. The van der Waals surface area contributed by atoms with Gasteiger partial charge in [-0.3, -0.25) is 4.79 Å². The summed E-state index contributed by atoms with van der Waals surface area (Å²) in [6.07, 6.45) is 0. The Morgan fingerprint density at radius 3 is 2.91 bits per heavy atom. The van der Waals surface area contributed by atoms with E-state index in [1.54, 1.807) is 6.92 Å². The van der Waals surface area contributed by atoms with Crippen LogP contribution in [0.1, 0.15) is 17.2 Å². The lowest BCUT2D eigenvalue weighted by Gasteiger charge is -1.99. The molecular formula is C6H7NO2S2. The maximum atomic E-state index is 10.8. The quantitative estimate of drug-likeness (QED) is 0.653. The van der Waals surface area contributed by atoms with Gasteiger partial charge in [-0.2, -0.15) is 12.6 Å². The van der Waals surface area contributed by atoms with Gasteiger partial charge in [0.15, 0.2) is 0 Å². The summed E-state index contributed by atoms with van der Waals surface area (Å²) in [7, 11) is 0. The van der Waals surface area contributed by atoms with Gasteiger partial charge in [0.1, 0.15) is 5.01 Å². The lowest BCUT2D eigenvalue weighted by atomic mass is 10.5. The van der Waals surface area contributed by atoms with Gasteiger partial charge in [0.05, 0.1) is 11.3 Å². The molecule has 0 radical (unpaired) electrons. The normalized spacial score (nSPS) is 12.9. The van der Waals surface area contributed by atoms with E-state index in [1.165, 1.54) is 0 Å². The minimum absolute atomic E-state index is 0.111. The van der Waals surface area contributed by atoms with Gasteiger partial charge in [-0.1, -0.05) is 11.3 Å². The molecule has 0 spiro atoms. The van der Waals surface area contributed by atoms with E-state index in [0.717, 1.165) is 17.4 Å². The summed E-state index contributed by atoms with van der Waals surface area (Å²) in [6, 6.07) is 1.09. The molecule has 1 N–H and O–H groups in total. The van der Waals surface area contributed by atoms with E-state index in [0.29, 0.717) is 5.01 Å². The Labute approximate surface area is 73.1 Å². The number of aromatic hydroxyl groups is 1. The molecule has 0 saturated heterocycles. The van der Waals surface area contributed by atoms with Crippen molar-refractivity contribution in [3.8, 4) is 5.88 Å². The van der Waals surface area contributed by atoms with E-state index in [2.05, 4.69) is 17.6 Å². The van der Waals surface area contributed by atoms with Crippen LogP contribution in [0.4, 0.5) is 0 Å². The molecule has 1 atom stereocenters. The molecule has 1 heterocycles. The maximum absolute atomic E-state index is 10.8. The van der Waals surface area contributed by atoms with Crippen LogP contribution in [0.2, 0.25) is 0 Å². The van der Waals surface area contributed by atoms with Gasteiger partial charge in [-0.25, -0.2) is 4.98 Å². The molecule has 1 rings (SSSR count). The van der Waals surface area contributed by atoms with Gasteiger partial charge in [0.25, 0.3) is 0 Å². The van der Waals surface area contributed by atoms with Crippen molar-refractivity contribution < 1.29 is 5.11 Å². The minimum atomic E-state index is -0.232. The van der Waals surface area contributed by atoms with E-state index in [-0.39, 0.29) is 15.9 Å². The Morgan fingerprint density at radius 1 is 1.82 bits per heavy atom. The molecule has 0 aliphatic rings. The molecule has 1 aromatic rings. The summed E-state index contributed by atoms with van der Waals surface area (Å²) in [5.41, 5.74) is 0. The molecule has 1 aromatic heterocycles. The van der Waals surface area contributed by atoms with Crippen LogP contribution in [0.15, 0.2) is 10.9 Å². The smallest absolute Gasteiger partial charge is 0.239 e. The third-order valence-corrected chi connectivity index (χ3v) is 2.43. The lowest BCUT2D eigenvalue weighted by Crippen LogP contribution is -1.97. The molecule has 0 fully saturated rings. The highest BCUT2D eigenvalue weighted by Gasteiger charge is 2.04. The average Bonchev–Trinajstić information content (AvgIpc) is 1.85. The predicted octanol–water partition coefficient (Wildman–Crippen LogP) is 1.20. The van der Waals surface area contributed by atoms with Crippen LogP contribution in [-0.2, 0) is 0 Å². The van der Waals surface area contributed by atoms with Crippen LogP contribution >= 0.6 is 24.0 Å². The molecule has 0 aliphatic carbocycles. The zero-order valence-corrected chi connectivity index (χ0v) is 7.52. The van der Waals surface area contributed by atoms with E-state index >= 15 is 0 Å². The minimum Gasteiger partial charge on any atom is -0.493 e. The number of aromatic nitrogens is 1. The van der Waals surface area contributed by atoms with E-state index in [1.807, 2.05) is 0 Å². The first-order valence-corrected chi connectivity index (χ1v) is 4.32. The van der Waals surface area contributed by atoms with E-state index in [4.69, 9.17) is 5.11 Å². The van der Waals surface area contributed by atoms with Gasteiger partial charge in [-0.05, 0) is 6.92 Å². The lowest BCUT2D eigenvalue weighted by molar-refractivity contribution is 0.452. The molecule has 0 bridgehead atoms. The number of hydrogen-bond donors (Lipinski definition) is 2. The fourth-order valence-corrected chi connectivity index (χ4v) is 1.48. The number of hydrogen-bond acceptors (Lipinski definition) is 5. The van der Waals surface area contributed by atoms with Crippen LogP contribution in [0, 0.1) is 0 Å². The standard InChI is InChI=1S/C6H7NO2S2/c1-3(10)6-7-4(8)2-5(9)11-6/h2-3,8,10H,1H3. The van der Waals surface area contributed by atoms with Crippen molar-refractivity contribution in [1.29, 1.82) is 0 Å². The van der Waals surface area contributed by atoms with Crippen molar-refractivity contribution in [1.82, 2.24) is 4.98 Å². The first kappa shape index (κ1) is 8.55. The molecular weight excluding hydrogens is 182 g/mol. The summed E-state index contributed by atoms with van der Waals surface area (Å²) in [5.74, 6) is -0.232. The highest BCUT2D eigenvalue weighted by atomic mass is 32.1. The largest absolute Gasteiger partial charge is 0.493 e. The summed E-state index contributed by atoms with van der Waals surface area (Å²) in [6.45, 7) is 1.79. The monoisotopic (exact) mass is 189 g/mol. The summed E-state index contributed by atoms with van der Waals surface area (Å²) in [4.78, 5) is 14.5. The highest BCUT2D eigenvalue weighted by Crippen LogP contribution is 2.19. The van der Waals surface area contributed by atoms with Crippen LogP contribution in [0.5, 0.6) is 5.88 Å². The van der Waals surface area contributed by atoms with Crippen LogP contribution < -0.4 is 4.74 Å². The Hall–Kier alpha value is -0.550. The first-order chi connectivity index (χ1) is 5.09. The molecule has 3 nitrogen and oxygen atoms in total. The summed E-state index contributed by atoms with van der Waals surface area (Å²) < 4.78 is -0.201. The maximum Gasteiger partial charge on any atom is 0.239 e. The van der Waals surface area contributed by atoms with Crippen molar-refractivity contribution in [3.05, 3.63) is 20.6 Å². The van der Waals surface area contributed by atoms with Crippen molar-refractivity contribution in [2.75, 3.05) is 0 Å². The first-order valence-electron chi connectivity index (χ1n) is 2.98. The van der Waals surface area contributed by atoms with Gasteiger partial charge in [0, 0.05) is 0 Å². The topological polar surface area (TPSA) is 50.2 Å². The number of thiol groups is 1. The van der Waals surface area contributed by atoms with Gasteiger partial charge < -0.3 is 5.11 Å². The summed E-state index contributed by atoms with van der Waals surface area (Å²) >= 11 is 5.08. The van der Waals surface area contributed by atoms with E-state index < -0.39 is 0 Å². The SMILES string of the molecule is CC(S)c1nc(O)cc(=O)s1. The van der Waals surface area contributed by atoms with Crippen molar-refractivity contribution in [3.63, 3.8) is 0 Å². The number of rotatable bonds is 1. The zero-order valence-electron chi connectivity index (χ0n) is 5.81. The molecule has 0 amide bonds. The van der Waals surface area contributed by atoms with Crippen molar-refractivity contribution in [2.45, 2.75) is 12.2 Å². The fraction of sp³-hybridized carbons (Fsp3) is 0.333. The van der Waals surface area contributed by atoms with Crippen LogP contribution in [0.3, 0.4) is 0 Å². The Morgan fingerprint density at radius 2 is 2.45 bits per heavy atom. The van der Waals surface area contributed by atoms with Gasteiger partial charge in [-0.15, -0.1) is 0 Å². The van der Waals surface area contributed by atoms with E-state index in [9.17, 15) is 4.79 Å². The Bertz CT molecular complexity index is 308. The molecule has 0 aromatic carbocycles. The van der Waals surface area contributed by atoms with Crippen LogP contribution in [-0.4, -0.2) is 10.1 Å². The third-order valence-electron chi connectivity index (χ3n) is 1.03. The third kappa shape index (κ3) is 2.20. The molecule has 0 saturated carbocycles. The van der Waals surface area contributed by atoms with Crippen LogP contribution in [0.25, 0.3) is 0 Å². The highest BCUT2D eigenvalue weighted by molar-refractivity contribution is 7.80. The average molecular weight is 189 g/mol. The predicted molar refractivity (Wildman–Crippen MR) is 47.4 cm³/mol. The van der Waals surface area contributed by atoms with Gasteiger partial charge in [0.2, 0.25) is 10.6 Å². The fourth-order valence-electron chi connectivity index (χ4n) is 0.585. The zero-order chi connectivity index (χ0) is 8.43. The Balaban J connectivity index is 3.19. The second-order valence-electron chi connectivity index (χ2n) is 2.05. The molecule has 5 heteroatoms. The molecule has 11 heavy (non-hydrogen) atoms. The number of nitrogens with zero attached hydrogens (tertiary/aromatic N) is 1. The second kappa shape index (κ2) is 3.23.